The van der Waals surface area contributed by atoms with E-state index in [4.69, 9.17) is 0 Å². The van der Waals surface area contributed by atoms with Crippen LogP contribution in [0.15, 0.2) is 36.5 Å². The number of aromatic nitrogens is 1. The Morgan fingerprint density at radius 2 is 1.71 bits per heavy atom. The molecule has 0 radical (unpaired) electrons. The average molecular weight is 239 g/mol. The second-order valence-electron chi connectivity index (χ2n) is 3.47. The molecule has 5 heteroatoms. The van der Waals surface area contributed by atoms with Crippen molar-refractivity contribution in [3.63, 3.8) is 0 Å². The summed E-state index contributed by atoms with van der Waals surface area (Å²) in [5.41, 5.74) is -0.181. The van der Waals surface area contributed by atoms with E-state index in [1.807, 2.05) is 0 Å². The van der Waals surface area contributed by atoms with Crippen molar-refractivity contribution in [2.75, 3.05) is 0 Å². The first-order valence-corrected chi connectivity index (χ1v) is 4.82. The molecule has 0 spiro atoms. The number of aliphatic hydroxyl groups excluding tert-OH is 1. The van der Waals surface area contributed by atoms with Crippen molar-refractivity contribution in [3.05, 3.63) is 65.2 Å². The van der Waals surface area contributed by atoms with Crippen LogP contribution in [0.4, 0.5) is 13.2 Å². The number of nitrogens with zero attached hydrogens (tertiary/aromatic N) is 1. The average Bonchev–Trinajstić information content (AvgIpc) is 2.32. The molecule has 1 unspecified atom stereocenters. The Kier molecular flexibility index (Phi) is 3.10. The molecule has 0 aliphatic carbocycles. The maximum atomic E-state index is 13.4. The van der Waals surface area contributed by atoms with Crippen molar-refractivity contribution in [3.8, 4) is 0 Å². The summed E-state index contributed by atoms with van der Waals surface area (Å²) in [7, 11) is 0. The monoisotopic (exact) mass is 239 g/mol. The van der Waals surface area contributed by atoms with Crippen molar-refractivity contribution in [1.82, 2.24) is 4.98 Å². The Bertz CT molecular complexity index is 528. The number of hydrogen-bond acceptors (Lipinski definition) is 2. The van der Waals surface area contributed by atoms with E-state index in [1.165, 1.54) is 6.07 Å². The van der Waals surface area contributed by atoms with Gasteiger partial charge in [-0.1, -0.05) is 0 Å². The van der Waals surface area contributed by atoms with E-state index in [-0.39, 0.29) is 11.3 Å². The van der Waals surface area contributed by atoms with Gasteiger partial charge in [0.05, 0.1) is 11.9 Å². The lowest BCUT2D eigenvalue weighted by molar-refractivity contribution is 0.209. The fourth-order valence-corrected chi connectivity index (χ4v) is 1.43. The molecule has 0 amide bonds. The van der Waals surface area contributed by atoms with Crippen LogP contribution < -0.4 is 0 Å². The first kappa shape index (κ1) is 11.6. The van der Waals surface area contributed by atoms with Gasteiger partial charge in [-0.2, -0.15) is 0 Å². The molecule has 1 aromatic carbocycles. The van der Waals surface area contributed by atoms with Gasteiger partial charge in [-0.3, -0.25) is 4.98 Å². The predicted octanol–water partition coefficient (Wildman–Crippen LogP) is 2.58. The lowest BCUT2D eigenvalue weighted by Gasteiger charge is -2.11. The third-order valence-corrected chi connectivity index (χ3v) is 2.28. The van der Waals surface area contributed by atoms with Gasteiger partial charge in [-0.25, -0.2) is 13.2 Å². The van der Waals surface area contributed by atoms with Crippen molar-refractivity contribution >= 4 is 0 Å². The van der Waals surface area contributed by atoms with Crippen LogP contribution in [0.25, 0.3) is 0 Å². The van der Waals surface area contributed by atoms with Gasteiger partial charge in [-0.05, 0) is 30.3 Å². The molecule has 1 atom stereocenters. The third-order valence-electron chi connectivity index (χ3n) is 2.28. The van der Waals surface area contributed by atoms with Gasteiger partial charge in [0, 0.05) is 5.56 Å². The van der Waals surface area contributed by atoms with Crippen LogP contribution in [0.3, 0.4) is 0 Å². The minimum Gasteiger partial charge on any atom is -0.382 e. The first-order valence-electron chi connectivity index (χ1n) is 4.82. The lowest BCUT2D eigenvalue weighted by atomic mass is 10.1. The summed E-state index contributed by atoms with van der Waals surface area (Å²) in [6.07, 6.45) is -0.526. The fraction of sp³-hybridized carbons (Fsp3) is 0.0833. The Morgan fingerprint density at radius 3 is 2.35 bits per heavy atom. The molecule has 0 aliphatic heterocycles. The minimum absolute atomic E-state index is 0.0518. The van der Waals surface area contributed by atoms with Crippen LogP contribution >= 0.6 is 0 Å². The van der Waals surface area contributed by atoms with Crippen LogP contribution in [0.5, 0.6) is 0 Å². The molecule has 1 N–H and O–H groups in total. The van der Waals surface area contributed by atoms with E-state index >= 15 is 0 Å². The highest BCUT2D eigenvalue weighted by Gasteiger charge is 2.17. The molecule has 88 valence electrons. The number of benzene rings is 1. The van der Waals surface area contributed by atoms with Crippen molar-refractivity contribution < 1.29 is 18.3 Å². The van der Waals surface area contributed by atoms with Crippen LogP contribution in [0, 0.1) is 17.5 Å². The highest BCUT2D eigenvalue weighted by Crippen LogP contribution is 2.23. The van der Waals surface area contributed by atoms with Crippen LogP contribution in [-0.2, 0) is 0 Å². The summed E-state index contributed by atoms with van der Waals surface area (Å²) in [6, 6.07) is 5.04. The van der Waals surface area contributed by atoms with E-state index in [9.17, 15) is 18.3 Å². The number of hydrogen-bond donors (Lipinski definition) is 1. The van der Waals surface area contributed by atoms with Gasteiger partial charge in [0.15, 0.2) is 0 Å². The number of halogens is 3. The van der Waals surface area contributed by atoms with Crippen LogP contribution in [0.2, 0.25) is 0 Å². The first-order chi connectivity index (χ1) is 8.08. The van der Waals surface area contributed by atoms with Gasteiger partial charge >= 0.3 is 0 Å². The Labute approximate surface area is 95.4 Å². The summed E-state index contributed by atoms with van der Waals surface area (Å²) >= 11 is 0. The molecule has 0 saturated heterocycles. The topological polar surface area (TPSA) is 33.1 Å². The van der Waals surface area contributed by atoms with Gasteiger partial charge < -0.3 is 5.11 Å². The Balaban J connectivity index is 2.39. The highest BCUT2D eigenvalue weighted by atomic mass is 19.1. The van der Waals surface area contributed by atoms with E-state index in [0.29, 0.717) is 0 Å². The molecule has 1 aromatic heterocycles. The van der Waals surface area contributed by atoms with E-state index in [2.05, 4.69) is 4.98 Å². The van der Waals surface area contributed by atoms with Crippen molar-refractivity contribution in [2.45, 2.75) is 6.10 Å². The molecular weight excluding hydrogens is 231 g/mol. The largest absolute Gasteiger partial charge is 0.382 e. The molecule has 17 heavy (non-hydrogen) atoms. The van der Waals surface area contributed by atoms with E-state index < -0.39 is 23.6 Å². The second kappa shape index (κ2) is 4.55. The molecule has 2 aromatic rings. The molecule has 0 fully saturated rings. The van der Waals surface area contributed by atoms with Crippen LogP contribution in [-0.4, -0.2) is 10.1 Å². The van der Waals surface area contributed by atoms with Crippen molar-refractivity contribution in [2.24, 2.45) is 0 Å². The second-order valence-corrected chi connectivity index (χ2v) is 3.47. The van der Waals surface area contributed by atoms with Gasteiger partial charge in [0.2, 0.25) is 0 Å². The molecule has 0 bridgehead atoms. The Morgan fingerprint density at radius 1 is 1.00 bits per heavy atom. The van der Waals surface area contributed by atoms with E-state index in [0.717, 1.165) is 30.5 Å². The normalized spacial score (nSPS) is 12.5. The predicted molar refractivity (Wildman–Crippen MR) is 54.6 cm³/mol. The minimum atomic E-state index is -1.42. The third kappa shape index (κ3) is 2.45. The number of rotatable bonds is 2. The number of pyridine rings is 1. The van der Waals surface area contributed by atoms with Gasteiger partial charge in [0.1, 0.15) is 23.6 Å². The van der Waals surface area contributed by atoms with Gasteiger partial charge in [0.25, 0.3) is 0 Å². The number of aliphatic hydroxyl groups is 1. The molecule has 0 saturated carbocycles. The van der Waals surface area contributed by atoms with Crippen molar-refractivity contribution in [1.29, 1.82) is 0 Å². The summed E-state index contributed by atoms with van der Waals surface area (Å²) in [6.45, 7) is 0. The van der Waals surface area contributed by atoms with E-state index in [1.54, 1.807) is 0 Å². The maximum absolute atomic E-state index is 13.4. The van der Waals surface area contributed by atoms with Gasteiger partial charge in [-0.15, -0.1) is 0 Å². The summed E-state index contributed by atoms with van der Waals surface area (Å²) in [4.78, 5) is 3.61. The fourth-order valence-electron chi connectivity index (χ4n) is 1.43. The van der Waals surface area contributed by atoms with Crippen LogP contribution in [0.1, 0.15) is 17.4 Å². The molecular formula is C12H8F3NO. The SMILES string of the molecule is OC(c1ccc(F)cn1)c1cc(F)ccc1F. The molecule has 0 aliphatic rings. The quantitative estimate of drug-likeness (QED) is 0.873. The summed E-state index contributed by atoms with van der Waals surface area (Å²) in [5.74, 6) is -1.98. The zero-order chi connectivity index (χ0) is 12.4. The molecule has 1 heterocycles. The molecule has 2 nitrogen and oxygen atoms in total. The molecule has 2 rings (SSSR count). The zero-order valence-electron chi connectivity index (χ0n) is 8.57. The standard InChI is InChI=1S/C12H8F3NO/c13-7-1-3-10(15)9(5-7)12(17)11-4-2-8(14)6-16-11/h1-6,12,17H. The smallest absolute Gasteiger partial charge is 0.141 e. The zero-order valence-corrected chi connectivity index (χ0v) is 8.57. The Hall–Kier alpha value is -1.88. The maximum Gasteiger partial charge on any atom is 0.141 e. The summed E-state index contributed by atoms with van der Waals surface area (Å²) in [5, 5.41) is 9.80. The summed E-state index contributed by atoms with van der Waals surface area (Å²) < 4.78 is 38.9. The highest BCUT2D eigenvalue weighted by molar-refractivity contribution is 5.27. The lowest BCUT2D eigenvalue weighted by Crippen LogP contribution is -2.05.